The van der Waals surface area contributed by atoms with Crippen LogP contribution in [0.15, 0.2) is 23.2 Å². The van der Waals surface area contributed by atoms with Gasteiger partial charge >= 0.3 is 0 Å². The van der Waals surface area contributed by atoms with E-state index in [1.165, 1.54) is 0 Å². The first-order valence-electron chi connectivity index (χ1n) is 8.26. The summed E-state index contributed by atoms with van der Waals surface area (Å²) in [6.07, 6.45) is 1.94. The van der Waals surface area contributed by atoms with Gasteiger partial charge in [0.25, 0.3) is 0 Å². The Kier molecular flexibility index (Phi) is 7.41. The Morgan fingerprint density at radius 3 is 2.83 bits per heavy atom. The van der Waals surface area contributed by atoms with Crippen LogP contribution in [0.2, 0.25) is 0 Å². The summed E-state index contributed by atoms with van der Waals surface area (Å²) in [5.41, 5.74) is 6.87. The Morgan fingerprint density at radius 1 is 1.25 bits per heavy atom. The molecule has 0 aromatic heterocycles. The van der Waals surface area contributed by atoms with Crippen LogP contribution in [0, 0.1) is 11.8 Å². The highest BCUT2D eigenvalue weighted by Gasteiger charge is 2.21. The van der Waals surface area contributed by atoms with Crippen molar-refractivity contribution < 1.29 is 14.2 Å². The molecule has 134 valence electrons. The zero-order chi connectivity index (χ0) is 16.1. The van der Waals surface area contributed by atoms with E-state index in [9.17, 15) is 0 Å². The van der Waals surface area contributed by atoms with Crippen LogP contribution in [0.1, 0.15) is 19.8 Å². The first-order valence-corrected chi connectivity index (χ1v) is 8.26. The topological polar surface area (TPSA) is 78.1 Å². The average Bonchev–Trinajstić information content (AvgIpc) is 2.79. The minimum atomic E-state index is 0. The summed E-state index contributed by atoms with van der Waals surface area (Å²) in [5, 5.41) is 3.13. The predicted octanol–water partition coefficient (Wildman–Crippen LogP) is 2.87. The van der Waals surface area contributed by atoms with Crippen molar-refractivity contribution in [3.8, 4) is 11.5 Å². The molecule has 2 atom stereocenters. The van der Waals surface area contributed by atoms with E-state index < -0.39 is 0 Å². The van der Waals surface area contributed by atoms with Crippen molar-refractivity contribution in [1.29, 1.82) is 0 Å². The number of anilines is 1. The molecule has 0 radical (unpaired) electrons. The molecule has 1 fully saturated rings. The van der Waals surface area contributed by atoms with E-state index in [4.69, 9.17) is 19.9 Å². The van der Waals surface area contributed by atoms with Crippen molar-refractivity contribution in [3.63, 3.8) is 0 Å². The highest BCUT2D eigenvalue weighted by Crippen LogP contribution is 2.32. The Bertz CT molecular complexity index is 568. The second-order valence-corrected chi connectivity index (χ2v) is 6.16. The van der Waals surface area contributed by atoms with Gasteiger partial charge in [-0.15, -0.1) is 24.0 Å². The monoisotopic (exact) mass is 447 g/mol. The quantitative estimate of drug-likeness (QED) is 0.424. The lowest BCUT2D eigenvalue weighted by atomic mass is 9.90. The van der Waals surface area contributed by atoms with Crippen LogP contribution in [0.5, 0.6) is 11.5 Å². The summed E-state index contributed by atoms with van der Waals surface area (Å²) in [6.45, 7) is 5.92. The van der Waals surface area contributed by atoms with Gasteiger partial charge in [-0.3, -0.25) is 4.99 Å². The lowest BCUT2D eigenvalue weighted by Crippen LogP contribution is -2.29. The number of nitrogens with two attached hydrogens (primary N) is 1. The van der Waals surface area contributed by atoms with Crippen LogP contribution in [0.4, 0.5) is 5.69 Å². The number of ether oxygens (including phenoxy) is 3. The summed E-state index contributed by atoms with van der Waals surface area (Å²) < 4.78 is 16.8. The molecule has 2 unspecified atom stereocenters. The number of nitrogens with one attached hydrogen (secondary N) is 1. The SMILES string of the molecule is CC1COCCC1CN=C(N)Nc1ccc2c(c1)OCCCO2.I. The number of aliphatic imine (C=N–C) groups is 1. The second kappa shape index (κ2) is 9.31. The number of hydrogen-bond donors (Lipinski definition) is 2. The van der Waals surface area contributed by atoms with Crippen molar-refractivity contribution in [2.24, 2.45) is 22.6 Å². The number of benzene rings is 1. The fraction of sp³-hybridized carbons (Fsp3) is 0.588. The molecule has 1 aromatic rings. The summed E-state index contributed by atoms with van der Waals surface area (Å²) >= 11 is 0. The van der Waals surface area contributed by atoms with Gasteiger partial charge in [0.2, 0.25) is 0 Å². The first kappa shape index (κ1) is 19.1. The van der Waals surface area contributed by atoms with Gasteiger partial charge in [-0.2, -0.15) is 0 Å². The molecule has 24 heavy (non-hydrogen) atoms. The second-order valence-electron chi connectivity index (χ2n) is 6.16. The third kappa shape index (κ3) is 5.14. The smallest absolute Gasteiger partial charge is 0.193 e. The van der Waals surface area contributed by atoms with Gasteiger partial charge in [-0.1, -0.05) is 6.92 Å². The first-order chi connectivity index (χ1) is 11.2. The highest BCUT2D eigenvalue weighted by atomic mass is 127. The summed E-state index contributed by atoms with van der Waals surface area (Å²) in [5.74, 6) is 3.02. The molecular formula is C17H26IN3O3. The third-order valence-electron chi connectivity index (χ3n) is 4.33. The summed E-state index contributed by atoms with van der Waals surface area (Å²) in [7, 11) is 0. The minimum absolute atomic E-state index is 0. The number of guanidine groups is 1. The Balaban J connectivity index is 0.00000208. The fourth-order valence-corrected chi connectivity index (χ4v) is 2.84. The zero-order valence-corrected chi connectivity index (χ0v) is 16.3. The van der Waals surface area contributed by atoms with E-state index in [0.717, 1.165) is 49.8 Å². The Hall–Kier alpha value is -1.22. The van der Waals surface area contributed by atoms with Crippen molar-refractivity contribution in [2.75, 3.05) is 38.3 Å². The molecule has 2 aliphatic heterocycles. The van der Waals surface area contributed by atoms with Gasteiger partial charge in [0, 0.05) is 37.9 Å². The maximum Gasteiger partial charge on any atom is 0.193 e. The van der Waals surface area contributed by atoms with Crippen LogP contribution in [-0.4, -0.2) is 38.9 Å². The van der Waals surface area contributed by atoms with Crippen LogP contribution < -0.4 is 20.5 Å². The van der Waals surface area contributed by atoms with E-state index >= 15 is 0 Å². The van der Waals surface area contributed by atoms with Crippen LogP contribution in [-0.2, 0) is 4.74 Å². The fourth-order valence-electron chi connectivity index (χ4n) is 2.84. The van der Waals surface area contributed by atoms with Crippen molar-refractivity contribution in [3.05, 3.63) is 18.2 Å². The molecule has 0 spiro atoms. The molecule has 6 nitrogen and oxygen atoms in total. The van der Waals surface area contributed by atoms with E-state index in [1.807, 2.05) is 18.2 Å². The zero-order valence-electron chi connectivity index (χ0n) is 14.0. The van der Waals surface area contributed by atoms with Gasteiger partial charge < -0.3 is 25.3 Å². The number of rotatable bonds is 3. The maximum absolute atomic E-state index is 6.01. The highest BCUT2D eigenvalue weighted by molar-refractivity contribution is 14.0. The Morgan fingerprint density at radius 2 is 2.04 bits per heavy atom. The molecular weight excluding hydrogens is 421 g/mol. The molecule has 7 heteroatoms. The molecule has 3 N–H and O–H groups in total. The van der Waals surface area contributed by atoms with Crippen molar-refractivity contribution >= 4 is 35.6 Å². The molecule has 2 heterocycles. The molecule has 0 aliphatic carbocycles. The van der Waals surface area contributed by atoms with Crippen molar-refractivity contribution in [2.45, 2.75) is 19.8 Å². The van der Waals surface area contributed by atoms with E-state index in [0.29, 0.717) is 31.0 Å². The number of fused-ring (bicyclic) bond motifs is 1. The molecule has 1 aromatic carbocycles. The largest absolute Gasteiger partial charge is 0.490 e. The predicted molar refractivity (Wildman–Crippen MR) is 106 cm³/mol. The normalized spacial score (nSPS) is 23.8. The van der Waals surface area contributed by atoms with Crippen LogP contribution in [0.3, 0.4) is 0 Å². The third-order valence-corrected chi connectivity index (χ3v) is 4.33. The maximum atomic E-state index is 6.01. The van der Waals surface area contributed by atoms with Crippen LogP contribution in [0.25, 0.3) is 0 Å². The molecule has 1 saturated heterocycles. The van der Waals surface area contributed by atoms with Gasteiger partial charge in [0.1, 0.15) is 0 Å². The van der Waals surface area contributed by atoms with E-state index in [2.05, 4.69) is 17.2 Å². The van der Waals surface area contributed by atoms with Crippen molar-refractivity contribution in [1.82, 2.24) is 0 Å². The van der Waals surface area contributed by atoms with Crippen LogP contribution >= 0.6 is 24.0 Å². The lowest BCUT2D eigenvalue weighted by molar-refractivity contribution is 0.0273. The molecule has 0 amide bonds. The lowest BCUT2D eigenvalue weighted by Gasteiger charge is -2.27. The van der Waals surface area contributed by atoms with Gasteiger partial charge in [0.05, 0.1) is 13.2 Å². The molecule has 2 aliphatic rings. The standard InChI is InChI=1S/C17H25N3O3.HI/c1-12-11-21-8-5-13(12)10-19-17(18)20-14-3-4-15-16(9-14)23-7-2-6-22-15;/h3-4,9,12-13H,2,5-8,10-11H2,1H3,(H3,18,19,20);1H. The number of nitrogens with zero attached hydrogens (tertiary/aromatic N) is 1. The number of hydrogen-bond acceptors (Lipinski definition) is 4. The molecule has 0 bridgehead atoms. The van der Waals surface area contributed by atoms with Gasteiger partial charge in [-0.05, 0) is 30.4 Å². The minimum Gasteiger partial charge on any atom is -0.490 e. The molecule has 3 rings (SSSR count). The van der Waals surface area contributed by atoms with E-state index in [-0.39, 0.29) is 24.0 Å². The molecule has 0 saturated carbocycles. The van der Waals surface area contributed by atoms with E-state index in [1.54, 1.807) is 0 Å². The Labute approximate surface area is 160 Å². The van der Waals surface area contributed by atoms with Gasteiger partial charge in [0.15, 0.2) is 17.5 Å². The summed E-state index contributed by atoms with van der Waals surface area (Å²) in [4.78, 5) is 4.48. The van der Waals surface area contributed by atoms with Gasteiger partial charge in [-0.25, -0.2) is 0 Å². The number of halogens is 1. The summed E-state index contributed by atoms with van der Waals surface area (Å²) in [6, 6.07) is 5.73. The average molecular weight is 447 g/mol.